The molecule has 2 saturated heterocycles. The van der Waals surface area contributed by atoms with Gasteiger partial charge in [-0.15, -0.1) is 0 Å². The lowest BCUT2D eigenvalue weighted by Gasteiger charge is -2.44. The number of para-hydroxylation sites is 2. The molecule has 4 aromatic carbocycles. The van der Waals surface area contributed by atoms with Crippen molar-refractivity contribution in [1.82, 2.24) is 29.8 Å². The molecule has 13 nitrogen and oxygen atoms in total. The number of nitrogens with one attached hydrogen (secondary N) is 1. The summed E-state index contributed by atoms with van der Waals surface area (Å²) in [6, 6.07) is 26.4. The molecule has 6 aromatic rings. The summed E-state index contributed by atoms with van der Waals surface area (Å²) in [6.07, 6.45) is 7.35. The maximum Gasteiger partial charge on any atom is 0.335 e. The first kappa shape index (κ1) is 43.9. The smallest absolute Gasteiger partial charge is 0.335 e. The van der Waals surface area contributed by atoms with Crippen LogP contribution in [0.25, 0.3) is 22.5 Å². The van der Waals surface area contributed by atoms with Gasteiger partial charge in [0.1, 0.15) is 34.2 Å². The molecule has 2 spiro atoms. The largest absolute Gasteiger partial charge is 0.496 e. The molecule has 330 valence electrons. The minimum Gasteiger partial charge on any atom is -0.496 e. The fourth-order valence-electron chi connectivity index (χ4n) is 8.63. The monoisotopic (exact) mass is 987 g/mol. The number of aromatic carboxylic acids is 1. The van der Waals surface area contributed by atoms with E-state index in [2.05, 4.69) is 71.6 Å². The number of carbonyl (C=O) groups excluding carboxylic acids is 1. The molecule has 4 aliphatic rings. The second-order valence-corrected chi connectivity index (χ2v) is 17.0. The zero-order valence-electron chi connectivity index (χ0n) is 36.4. The highest BCUT2D eigenvalue weighted by molar-refractivity contribution is 9.11. The molecule has 6 heterocycles. The highest BCUT2D eigenvalue weighted by atomic mass is 79.9. The van der Waals surface area contributed by atoms with Crippen LogP contribution in [0.3, 0.4) is 0 Å². The number of carboxylic acid groups (broad SMARTS) is 1. The molecular formula is C47H49Br2FN6O7. The Morgan fingerprint density at radius 1 is 0.746 bits per heavy atom. The summed E-state index contributed by atoms with van der Waals surface area (Å²) in [6.45, 7) is 3.23. The number of likely N-dealkylation sites (tertiary alicyclic amines) is 1. The van der Waals surface area contributed by atoms with Crippen LogP contribution in [0.1, 0.15) is 58.9 Å². The standard InChI is InChI=1S/C23H22BrN3O3.C15H17N3O.C8H7BrO3.CH3F/c1-26-21-16-5-3-4-6-19(16)30-23(17(21)14-25-26)9-11-27(12-10-23)22(28)15-7-8-18(24)20(13-15)29-2;1-18-14-11-4-2-3-5-13(11)19-15(12(14)10-17-18)6-8-16-9-7-15;1-12-7-4-5(8(10)11)2-3-6(7)9;1-2/h3-8,13-14H,9-12H2,1-2H3;2-5,10,16H,6-9H2,1H3;2-4H,1H3,(H,10,11);1H3/i;;;1D. The number of ether oxygens (including phenoxy) is 4. The van der Waals surface area contributed by atoms with E-state index in [9.17, 15) is 14.0 Å². The van der Waals surface area contributed by atoms with Crippen LogP contribution in [0.15, 0.2) is 106 Å². The lowest BCUT2D eigenvalue weighted by atomic mass is 9.81. The predicted molar refractivity (Wildman–Crippen MR) is 245 cm³/mol. The number of carboxylic acids is 1. The summed E-state index contributed by atoms with van der Waals surface area (Å²) < 4.78 is 44.2. The number of hydrogen-bond acceptors (Lipinski definition) is 9. The van der Waals surface area contributed by atoms with E-state index in [0.29, 0.717) is 30.2 Å². The van der Waals surface area contributed by atoms with Crippen molar-refractivity contribution < 1.29 is 39.4 Å². The van der Waals surface area contributed by atoms with E-state index in [4.69, 9.17) is 25.4 Å². The molecule has 0 atom stereocenters. The molecule has 2 aromatic heterocycles. The SMILES string of the molecule is COc1cc(C(=O)N2CCC3(CC2)Oc2ccccc2-c2c3cnn2C)ccc1Br.COc1cc(C(=O)O)ccc1Br.Cn1ncc2c1-c1ccccc1OC21CCNCC1.[2H]CF. The van der Waals surface area contributed by atoms with Crippen LogP contribution in [0.5, 0.6) is 23.0 Å². The summed E-state index contributed by atoms with van der Waals surface area (Å²) in [5, 5.41) is 21.0. The molecule has 2 N–H and O–H groups in total. The molecule has 0 unspecified atom stereocenters. The van der Waals surface area contributed by atoms with Crippen molar-refractivity contribution in [2.24, 2.45) is 14.1 Å². The third kappa shape index (κ3) is 8.93. The topological polar surface area (TPSA) is 142 Å². The number of rotatable bonds is 4. The Balaban J connectivity index is 0.000000153. The molecule has 10 rings (SSSR count). The molecular weight excluding hydrogens is 939 g/mol. The van der Waals surface area contributed by atoms with Gasteiger partial charge in [-0.05, 0) is 106 Å². The average molecular weight is 990 g/mol. The summed E-state index contributed by atoms with van der Waals surface area (Å²) in [5.74, 6) is 2.10. The zero-order chi connectivity index (χ0) is 45.6. The number of halogens is 3. The van der Waals surface area contributed by atoms with Gasteiger partial charge in [0.15, 0.2) is 0 Å². The number of nitrogens with zero attached hydrogens (tertiary/aromatic N) is 5. The molecule has 0 bridgehead atoms. The van der Waals surface area contributed by atoms with Crippen molar-refractivity contribution in [3.63, 3.8) is 0 Å². The van der Waals surface area contributed by atoms with Gasteiger partial charge < -0.3 is 34.3 Å². The van der Waals surface area contributed by atoms with Crippen molar-refractivity contribution in [3.05, 3.63) is 129 Å². The second-order valence-electron chi connectivity index (χ2n) is 15.3. The lowest BCUT2D eigenvalue weighted by Crippen LogP contribution is -2.49. The quantitative estimate of drug-likeness (QED) is 0.176. The predicted octanol–water partition coefficient (Wildman–Crippen LogP) is 9.18. The van der Waals surface area contributed by atoms with E-state index in [0.717, 1.165) is 81.6 Å². The minimum atomic E-state index is -1.00. The average Bonchev–Trinajstić information content (AvgIpc) is 3.91. The summed E-state index contributed by atoms with van der Waals surface area (Å²) >= 11 is 6.66. The zero-order valence-corrected chi connectivity index (χ0v) is 38.5. The van der Waals surface area contributed by atoms with Crippen LogP contribution in [0, 0.1) is 0 Å². The van der Waals surface area contributed by atoms with Gasteiger partial charge in [-0.3, -0.25) is 18.5 Å². The van der Waals surface area contributed by atoms with Gasteiger partial charge in [0, 0.05) is 80.7 Å². The highest BCUT2D eigenvalue weighted by Gasteiger charge is 2.46. The maximum absolute atomic E-state index is 13.1. The second kappa shape index (κ2) is 19.4. The third-order valence-corrected chi connectivity index (χ3v) is 13.1. The molecule has 2 fully saturated rings. The maximum atomic E-state index is 13.1. The Hall–Kier alpha value is -5.71. The van der Waals surface area contributed by atoms with Crippen molar-refractivity contribution >= 4 is 43.7 Å². The van der Waals surface area contributed by atoms with Gasteiger partial charge in [-0.25, -0.2) is 4.79 Å². The third-order valence-electron chi connectivity index (χ3n) is 11.8. The van der Waals surface area contributed by atoms with Gasteiger partial charge in [-0.2, -0.15) is 10.2 Å². The van der Waals surface area contributed by atoms with Crippen molar-refractivity contribution in [3.8, 4) is 45.5 Å². The number of aryl methyl sites for hydroxylation is 2. The Labute approximate surface area is 383 Å². The van der Waals surface area contributed by atoms with E-state index < -0.39 is 18.7 Å². The van der Waals surface area contributed by atoms with Crippen molar-refractivity contribution in [2.45, 2.75) is 36.9 Å². The number of carbonyl (C=O) groups is 2. The molecule has 1 amide bonds. The van der Waals surface area contributed by atoms with E-state index >= 15 is 0 Å². The van der Waals surface area contributed by atoms with Gasteiger partial charge in [0.25, 0.3) is 5.91 Å². The highest BCUT2D eigenvalue weighted by Crippen LogP contribution is 2.50. The molecule has 4 aliphatic heterocycles. The van der Waals surface area contributed by atoms with Crippen LogP contribution in [-0.2, 0) is 25.3 Å². The number of fused-ring (bicyclic) bond motifs is 8. The fraction of sp³-hybridized carbons (Fsp3) is 0.319. The number of benzene rings is 4. The fourth-order valence-corrected chi connectivity index (χ4v) is 9.44. The van der Waals surface area contributed by atoms with Gasteiger partial charge in [0.05, 0.1) is 61.0 Å². The Morgan fingerprint density at radius 3 is 1.67 bits per heavy atom. The molecule has 0 saturated carbocycles. The Kier molecular flexibility index (Phi) is 13.5. The van der Waals surface area contributed by atoms with Gasteiger partial charge in [0.2, 0.25) is 0 Å². The van der Waals surface area contributed by atoms with E-state index in [1.807, 2.05) is 77.2 Å². The first-order chi connectivity index (χ1) is 30.9. The Morgan fingerprint density at radius 2 is 1.19 bits per heavy atom. The van der Waals surface area contributed by atoms with Crippen LogP contribution < -0.4 is 24.3 Å². The van der Waals surface area contributed by atoms with Crippen molar-refractivity contribution in [2.75, 3.05) is 47.6 Å². The van der Waals surface area contributed by atoms with Crippen molar-refractivity contribution in [1.29, 1.82) is 0 Å². The normalized spacial score (nSPS) is 15.9. The van der Waals surface area contributed by atoms with Crippen LogP contribution in [0.2, 0.25) is 0 Å². The number of hydrogen-bond donors (Lipinski definition) is 2. The number of methoxy groups -OCH3 is 2. The number of amides is 1. The molecule has 0 aliphatic carbocycles. The number of aromatic nitrogens is 4. The summed E-state index contributed by atoms with van der Waals surface area (Å²) in [5.41, 5.74) is 7.10. The Bertz CT molecular complexity index is 2630. The van der Waals surface area contributed by atoms with E-state index in [1.165, 1.54) is 30.5 Å². The first-order valence-electron chi connectivity index (χ1n) is 21.0. The summed E-state index contributed by atoms with van der Waals surface area (Å²) in [4.78, 5) is 25.5. The van der Waals surface area contributed by atoms with Crippen LogP contribution in [0.4, 0.5) is 4.39 Å². The van der Waals surface area contributed by atoms with E-state index in [-0.39, 0.29) is 17.1 Å². The number of alkyl halides is 1. The lowest BCUT2D eigenvalue weighted by molar-refractivity contribution is -0.00174. The molecule has 63 heavy (non-hydrogen) atoms. The summed E-state index contributed by atoms with van der Waals surface area (Å²) in [7, 11) is 6.07. The van der Waals surface area contributed by atoms with Crippen LogP contribution >= 0.6 is 31.9 Å². The molecule has 0 radical (unpaired) electrons. The van der Waals surface area contributed by atoms with Crippen LogP contribution in [-0.4, -0.2) is 89.0 Å². The van der Waals surface area contributed by atoms with Gasteiger partial charge >= 0.3 is 5.97 Å². The number of piperidine rings is 2. The van der Waals surface area contributed by atoms with Gasteiger partial charge in [-0.1, -0.05) is 24.3 Å². The first-order valence-corrected chi connectivity index (χ1v) is 21.8. The minimum absolute atomic E-state index is 0.0123. The molecule has 16 heteroatoms. The van der Waals surface area contributed by atoms with E-state index in [1.54, 1.807) is 19.2 Å².